The lowest BCUT2D eigenvalue weighted by molar-refractivity contribution is -0.113. The summed E-state index contributed by atoms with van der Waals surface area (Å²) in [7, 11) is 0. The molecule has 0 atom stereocenters. The summed E-state index contributed by atoms with van der Waals surface area (Å²) in [6, 6.07) is 7.90. The zero-order valence-electron chi connectivity index (χ0n) is 13.9. The molecule has 4 nitrogen and oxygen atoms in total. The van der Waals surface area contributed by atoms with Crippen molar-refractivity contribution in [3.8, 4) is 0 Å². The summed E-state index contributed by atoms with van der Waals surface area (Å²) in [5.74, 6) is 0.315. The molecule has 0 aliphatic heterocycles. The van der Waals surface area contributed by atoms with Crippen molar-refractivity contribution in [1.29, 1.82) is 0 Å². The monoisotopic (exact) mass is 357 g/mol. The fraction of sp³-hybridized carbons (Fsp3) is 0.278. The van der Waals surface area contributed by atoms with Crippen LogP contribution in [0.25, 0.3) is 10.2 Å². The molecular weight excluding hydrogens is 338 g/mol. The van der Waals surface area contributed by atoms with Gasteiger partial charge in [0.25, 0.3) is 0 Å². The van der Waals surface area contributed by atoms with E-state index in [0.717, 1.165) is 32.9 Å². The minimum absolute atomic E-state index is 0.0164. The van der Waals surface area contributed by atoms with Gasteiger partial charge in [0.2, 0.25) is 5.91 Å². The summed E-state index contributed by atoms with van der Waals surface area (Å²) >= 11 is 3.13. The Morgan fingerprint density at radius 3 is 2.83 bits per heavy atom. The lowest BCUT2D eigenvalue weighted by Crippen LogP contribution is -2.15. The highest BCUT2D eigenvalue weighted by molar-refractivity contribution is 8.00. The van der Waals surface area contributed by atoms with Gasteiger partial charge in [-0.3, -0.25) is 4.79 Å². The molecule has 0 saturated heterocycles. The first-order valence-corrected chi connectivity index (χ1v) is 9.61. The summed E-state index contributed by atoms with van der Waals surface area (Å²) in [5, 5.41) is 4.95. The maximum atomic E-state index is 12.3. The normalized spacial score (nSPS) is 11.0. The molecule has 3 aromatic rings. The number of aryl methyl sites for hydroxylation is 3. The standard InChI is InChI=1S/C18H19N3OS2/c1-4-13-7-5-6-8-14(13)21-15(22)9-23-17-16-11(2)12(3)24-18(16)20-10-19-17/h5-8,10H,4,9H2,1-3H3,(H,21,22). The molecule has 0 bridgehead atoms. The number of carbonyl (C=O) groups excluding carboxylic acids is 1. The van der Waals surface area contributed by atoms with Crippen LogP contribution in [-0.2, 0) is 11.2 Å². The van der Waals surface area contributed by atoms with Crippen molar-refractivity contribution in [2.75, 3.05) is 11.1 Å². The van der Waals surface area contributed by atoms with E-state index in [-0.39, 0.29) is 5.91 Å². The number of para-hydroxylation sites is 1. The van der Waals surface area contributed by atoms with Gasteiger partial charge in [0.1, 0.15) is 16.2 Å². The highest BCUT2D eigenvalue weighted by atomic mass is 32.2. The molecule has 1 amide bonds. The Morgan fingerprint density at radius 2 is 2.04 bits per heavy atom. The number of benzene rings is 1. The summed E-state index contributed by atoms with van der Waals surface area (Å²) < 4.78 is 0. The molecule has 0 fully saturated rings. The highest BCUT2D eigenvalue weighted by Crippen LogP contribution is 2.34. The van der Waals surface area contributed by atoms with E-state index in [1.807, 2.05) is 24.3 Å². The van der Waals surface area contributed by atoms with Gasteiger partial charge < -0.3 is 5.32 Å². The number of nitrogens with one attached hydrogen (secondary N) is 1. The van der Waals surface area contributed by atoms with Crippen LogP contribution >= 0.6 is 23.1 Å². The van der Waals surface area contributed by atoms with Gasteiger partial charge in [0.05, 0.1) is 5.75 Å². The maximum absolute atomic E-state index is 12.3. The number of hydrogen-bond donors (Lipinski definition) is 1. The van der Waals surface area contributed by atoms with Crippen LogP contribution in [0.2, 0.25) is 0 Å². The van der Waals surface area contributed by atoms with Crippen LogP contribution in [0, 0.1) is 13.8 Å². The Bertz CT molecular complexity index is 889. The van der Waals surface area contributed by atoms with E-state index in [9.17, 15) is 4.79 Å². The summed E-state index contributed by atoms with van der Waals surface area (Å²) in [4.78, 5) is 23.2. The lowest BCUT2D eigenvalue weighted by Gasteiger charge is -2.09. The number of rotatable bonds is 5. The average molecular weight is 358 g/mol. The van der Waals surface area contributed by atoms with Gasteiger partial charge in [0.15, 0.2) is 0 Å². The Hall–Kier alpha value is -1.92. The highest BCUT2D eigenvalue weighted by Gasteiger charge is 2.14. The number of thioether (sulfide) groups is 1. The Kier molecular flexibility index (Phi) is 5.16. The van der Waals surface area contributed by atoms with Gasteiger partial charge in [-0.1, -0.05) is 36.9 Å². The van der Waals surface area contributed by atoms with Crippen LogP contribution in [-0.4, -0.2) is 21.6 Å². The Balaban J connectivity index is 1.73. The van der Waals surface area contributed by atoms with Crippen molar-refractivity contribution in [3.05, 3.63) is 46.6 Å². The van der Waals surface area contributed by atoms with Crippen molar-refractivity contribution < 1.29 is 4.79 Å². The van der Waals surface area contributed by atoms with Crippen LogP contribution in [0.1, 0.15) is 22.9 Å². The topological polar surface area (TPSA) is 54.9 Å². The maximum Gasteiger partial charge on any atom is 0.234 e. The second-order valence-corrected chi connectivity index (χ2v) is 7.66. The summed E-state index contributed by atoms with van der Waals surface area (Å²) in [6.45, 7) is 6.25. The van der Waals surface area contributed by atoms with Crippen LogP contribution in [0.4, 0.5) is 5.69 Å². The Labute approximate surface area is 149 Å². The number of aromatic nitrogens is 2. The van der Waals surface area contributed by atoms with E-state index < -0.39 is 0 Å². The molecule has 0 unspecified atom stereocenters. The fourth-order valence-corrected chi connectivity index (χ4v) is 4.45. The second-order valence-electron chi connectivity index (χ2n) is 5.49. The first kappa shape index (κ1) is 16.9. The van der Waals surface area contributed by atoms with Crippen LogP contribution in [0.5, 0.6) is 0 Å². The molecule has 24 heavy (non-hydrogen) atoms. The third kappa shape index (κ3) is 3.44. The average Bonchev–Trinajstić information content (AvgIpc) is 2.88. The second kappa shape index (κ2) is 7.32. The van der Waals surface area contributed by atoms with Crippen molar-refractivity contribution in [2.24, 2.45) is 0 Å². The molecular formula is C18H19N3OS2. The number of fused-ring (bicyclic) bond motifs is 1. The smallest absolute Gasteiger partial charge is 0.234 e. The van der Waals surface area contributed by atoms with Crippen LogP contribution in [0.3, 0.4) is 0 Å². The van der Waals surface area contributed by atoms with Gasteiger partial charge in [-0.05, 0) is 37.5 Å². The van der Waals surface area contributed by atoms with Crippen molar-refractivity contribution in [1.82, 2.24) is 9.97 Å². The predicted molar refractivity (Wildman–Crippen MR) is 102 cm³/mol. The molecule has 1 aromatic carbocycles. The number of hydrogen-bond acceptors (Lipinski definition) is 5. The van der Waals surface area contributed by atoms with Gasteiger partial charge >= 0.3 is 0 Å². The first-order chi connectivity index (χ1) is 11.6. The SMILES string of the molecule is CCc1ccccc1NC(=O)CSc1ncnc2sc(C)c(C)c12. The van der Waals surface area contributed by atoms with E-state index in [1.165, 1.54) is 22.2 Å². The fourth-order valence-electron chi connectivity index (χ4n) is 2.53. The number of nitrogens with zero attached hydrogens (tertiary/aromatic N) is 2. The zero-order chi connectivity index (χ0) is 17.1. The molecule has 124 valence electrons. The molecule has 3 rings (SSSR count). The Morgan fingerprint density at radius 1 is 1.25 bits per heavy atom. The van der Waals surface area contributed by atoms with E-state index >= 15 is 0 Å². The van der Waals surface area contributed by atoms with E-state index in [2.05, 4.69) is 36.1 Å². The van der Waals surface area contributed by atoms with E-state index in [1.54, 1.807) is 17.7 Å². The van der Waals surface area contributed by atoms with Gasteiger partial charge in [-0.25, -0.2) is 9.97 Å². The van der Waals surface area contributed by atoms with Crippen LogP contribution in [0.15, 0.2) is 35.6 Å². The molecule has 1 N–H and O–H groups in total. The molecule has 0 aliphatic rings. The van der Waals surface area contributed by atoms with Gasteiger partial charge in [-0.2, -0.15) is 0 Å². The van der Waals surface area contributed by atoms with E-state index in [4.69, 9.17) is 0 Å². The van der Waals surface area contributed by atoms with Gasteiger partial charge in [0, 0.05) is 16.0 Å². The number of carbonyl (C=O) groups is 1. The molecule has 0 spiro atoms. The van der Waals surface area contributed by atoms with Crippen molar-refractivity contribution in [3.63, 3.8) is 0 Å². The van der Waals surface area contributed by atoms with Crippen molar-refractivity contribution >= 4 is 44.9 Å². The molecule has 2 heterocycles. The zero-order valence-corrected chi connectivity index (χ0v) is 15.6. The molecule has 0 saturated carbocycles. The van der Waals surface area contributed by atoms with Crippen molar-refractivity contribution in [2.45, 2.75) is 32.2 Å². The molecule has 2 aromatic heterocycles. The third-order valence-corrected chi connectivity index (χ3v) is 6.05. The number of thiophene rings is 1. The van der Waals surface area contributed by atoms with Gasteiger partial charge in [-0.15, -0.1) is 11.3 Å². The minimum Gasteiger partial charge on any atom is -0.325 e. The quantitative estimate of drug-likeness (QED) is 0.535. The van der Waals surface area contributed by atoms with E-state index in [0.29, 0.717) is 5.75 Å². The summed E-state index contributed by atoms with van der Waals surface area (Å²) in [6.07, 6.45) is 2.47. The number of anilines is 1. The number of amides is 1. The largest absolute Gasteiger partial charge is 0.325 e. The third-order valence-electron chi connectivity index (χ3n) is 3.94. The summed E-state index contributed by atoms with van der Waals surface area (Å²) in [5.41, 5.74) is 3.24. The minimum atomic E-state index is -0.0164. The molecule has 0 aliphatic carbocycles. The lowest BCUT2D eigenvalue weighted by atomic mass is 10.1. The molecule has 0 radical (unpaired) electrons. The first-order valence-electron chi connectivity index (χ1n) is 7.81. The predicted octanol–water partition coefficient (Wildman–Crippen LogP) is 4.60. The van der Waals surface area contributed by atoms with Crippen LogP contribution < -0.4 is 5.32 Å². The molecule has 6 heteroatoms.